The van der Waals surface area contributed by atoms with Gasteiger partial charge >= 0.3 is 5.69 Å². The van der Waals surface area contributed by atoms with Crippen LogP contribution in [0.15, 0.2) is 35.1 Å². The Morgan fingerprint density at radius 1 is 1.22 bits per heavy atom. The predicted molar refractivity (Wildman–Crippen MR) is 140 cm³/mol. The number of aliphatic hydroxyl groups excluding tert-OH is 1. The number of ether oxygens (including phenoxy) is 1. The molecule has 37 heavy (non-hydrogen) atoms. The van der Waals surface area contributed by atoms with Crippen LogP contribution in [0.3, 0.4) is 0 Å². The fourth-order valence-corrected chi connectivity index (χ4v) is 5.00. The second-order valence-corrected chi connectivity index (χ2v) is 10.2. The highest BCUT2D eigenvalue weighted by Gasteiger charge is 2.28. The van der Waals surface area contributed by atoms with Gasteiger partial charge in [0.1, 0.15) is 23.9 Å². The molecule has 0 saturated heterocycles. The van der Waals surface area contributed by atoms with E-state index in [1.54, 1.807) is 0 Å². The molecule has 8 nitrogen and oxygen atoms in total. The van der Waals surface area contributed by atoms with Crippen molar-refractivity contribution in [2.45, 2.75) is 66.1 Å². The number of carbonyl (C=O) groups is 1. The number of nitrogens with one attached hydrogen (secondary N) is 1. The molecule has 1 aromatic heterocycles. The van der Waals surface area contributed by atoms with E-state index in [0.717, 1.165) is 52.1 Å². The maximum Gasteiger partial charge on any atom is 0.350 e. The van der Waals surface area contributed by atoms with Gasteiger partial charge in [0.05, 0.1) is 11.7 Å². The van der Waals surface area contributed by atoms with Gasteiger partial charge < -0.3 is 15.2 Å². The van der Waals surface area contributed by atoms with E-state index < -0.39 is 24.0 Å². The summed E-state index contributed by atoms with van der Waals surface area (Å²) in [6, 6.07) is 8.13. The number of amides is 1. The average molecular weight is 511 g/mol. The van der Waals surface area contributed by atoms with E-state index in [2.05, 4.69) is 17.3 Å². The molecule has 1 aliphatic carbocycles. The minimum atomic E-state index is -0.803. The lowest BCUT2D eigenvalue weighted by Gasteiger charge is -2.31. The van der Waals surface area contributed by atoms with E-state index in [9.17, 15) is 14.7 Å². The SMILES string of the molecule is Cc1cccc(C)c1NC(=O)c1cc(F)c(-n2nc(CO)n(C)c2=O)cc1OC(C)C1CCC(C)CC1. The molecule has 2 N–H and O–H groups in total. The molecular weight excluding hydrogens is 475 g/mol. The first kappa shape index (κ1) is 26.6. The first-order chi connectivity index (χ1) is 17.6. The topological polar surface area (TPSA) is 98.4 Å². The molecule has 0 spiro atoms. The van der Waals surface area contributed by atoms with E-state index in [0.29, 0.717) is 17.5 Å². The Labute approximate surface area is 216 Å². The fraction of sp³-hybridized carbons (Fsp3) is 0.464. The Bertz CT molecular complexity index is 1330. The molecule has 0 bridgehead atoms. The van der Waals surface area contributed by atoms with Gasteiger partial charge in [-0.3, -0.25) is 9.36 Å². The van der Waals surface area contributed by atoms with E-state index >= 15 is 4.39 Å². The van der Waals surface area contributed by atoms with Crippen molar-refractivity contribution >= 4 is 11.6 Å². The maximum atomic E-state index is 15.4. The number of hydrogen-bond donors (Lipinski definition) is 2. The number of nitrogens with zero attached hydrogens (tertiary/aromatic N) is 3. The van der Waals surface area contributed by atoms with E-state index in [1.807, 2.05) is 39.0 Å². The van der Waals surface area contributed by atoms with Crippen molar-refractivity contribution in [3.05, 3.63) is 69.1 Å². The summed E-state index contributed by atoms with van der Waals surface area (Å²) < 4.78 is 23.8. The van der Waals surface area contributed by atoms with Crippen LogP contribution in [-0.4, -0.2) is 31.5 Å². The van der Waals surface area contributed by atoms with Gasteiger partial charge in [-0.2, -0.15) is 4.68 Å². The van der Waals surface area contributed by atoms with Crippen LogP contribution >= 0.6 is 0 Å². The molecule has 1 aliphatic rings. The summed E-state index contributed by atoms with van der Waals surface area (Å²) in [6.07, 6.45) is 4.03. The number of aromatic nitrogens is 3. The number of benzene rings is 2. The third kappa shape index (κ3) is 5.46. The van der Waals surface area contributed by atoms with Gasteiger partial charge in [-0.05, 0) is 62.6 Å². The van der Waals surface area contributed by atoms with Crippen molar-refractivity contribution in [1.29, 1.82) is 0 Å². The Kier molecular flexibility index (Phi) is 7.82. The second kappa shape index (κ2) is 10.9. The lowest BCUT2D eigenvalue weighted by Crippen LogP contribution is -2.29. The molecule has 1 unspecified atom stereocenters. The first-order valence-electron chi connectivity index (χ1n) is 12.7. The molecule has 3 aromatic rings. The predicted octanol–water partition coefficient (Wildman–Crippen LogP) is 4.67. The number of rotatable bonds is 7. The Morgan fingerprint density at radius 2 is 1.86 bits per heavy atom. The highest BCUT2D eigenvalue weighted by Crippen LogP contribution is 2.34. The molecule has 1 amide bonds. The Balaban J connectivity index is 1.76. The second-order valence-electron chi connectivity index (χ2n) is 10.2. The van der Waals surface area contributed by atoms with E-state index in [1.165, 1.54) is 13.1 Å². The Morgan fingerprint density at radius 3 is 2.46 bits per heavy atom. The van der Waals surface area contributed by atoms with Crippen molar-refractivity contribution in [3.63, 3.8) is 0 Å². The number of aryl methyl sites for hydroxylation is 2. The summed E-state index contributed by atoms with van der Waals surface area (Å²) in [5.74, 6) is -0.0635. The monoisotopic (exact) mass is 510 g/mol. The fourth-order valence-electron chi connectivity index (χ4n) is 5.00. The zero-order valence-corrected chi connectivity index (χ0v) is 22.0. The minimum absolute atomic E-state index is 0.0336. The van der Waals surface area contributed by atoms with Crippen molar-refractivity contribution in [2.75, 3.05) is 5.32 Å². The molecule has 9 heteroatoms. The maximum absolute atomic E-state index is 15.4. The van der Waals surface area contributed by atoms with Crippen molar-refractivity contribution in [2.24, 2.45) is 18.9 Å². The molecule has 2 aromatic carbocycles. The molecule has 4 rings (SSSR count). The van der Waals surface area contributed by atoms with Crippen LogP contribution in [0.2, 0.25) is 0 Å². The molecule has 0 aliphatic heterocycles. The van der Waals surface area contributed by atoms with Crippen molar-refractivity contribution < 1.29 is 19.0 Å². The van der Waals surface area contributed by atoms with Crippen LogP contribution in [-0.2, 0) is 13.7 Å². The smallest absolute Gasteiger partial charge is 0.350 e. The summed E-state index contributed by atoms with van der Waals surface area (Å²) in [4.78, 5) is 26.1. The van der Waals surface area contributed by atoms with Crippen molar-refractivity contribution in [3.8, 4) is 11.4 Å². The summed E-state index contributed by atoms with van der Waals surface area (Å²) in [5.41, 5.74) is 1.69. The van der Waals surface area contributed by atoms with Crippen LogP contribution in [0.5, 0.6) is 5.75 Å². The third-order valence-corrected chi connectivity index (χ3v) is 7.49. The number of carbonyl (C=O) groups excluding carboxylic acids is 1. The quantitative estimate of drug-likeness (QED) is 0.482. The van der Waals surface area contributed by atoms with Crippen LogP contribution in [0, 0.1) is 31.5 Å². The standard InChI is InChI=1S/C28H35FN4O4/c1-16-9-11-20(12-10-16)19(4)37-24-14-23(33-28(36)32(5)25(15-34)31-33)22(29)13-21(24)27(35)30-26-17(2)7-6-8-18(26)3/h6-8,13-14,16,19-20,34H,9-12,15H2,1-5H3,(H,30,35). The van der Waals surface area contributed by atoms with Gasteiger partial charge in [0.2, 0.25) is 0 Å². The number of aliphatic hydroxyl groups is 1. The Hall–Kier alpha value is -3.46. The van der Waals surface area contributed by atoms with E-state index in [4.69, 9.17) is 4.74 Å². The summed E-state index contributed by atoms with van der Waals surface area (Å²) >= 11 is 0. The first-order valence-corrected chi connectivity index (χ1v) is 12.7. The molecule has 1 atom stereocenters. The molecule has 198 valence electrons. The van der Waals surface area contributed by atoms with Crippen LogP contribution in [0.25, 0.3) is 5.69 Å². The van der Waals surface area contributed by atoms with Gasteiger partial charge in [0.25, 0.3) is 5.91 Å². The largest absolute Gasteiger partial charge is 0.490 e. The van der Waals surface area contributed by atoms with Gasteiger partial charge in [0.15, 0.2) is 5.82 Å². The number of halogens is 1. The minimum Gasteiger partial charge on any atom is -0.490 e. The normalized spacial score (nSPS) is 18.5. The molecule has 1 fully saturated rings. The number of hydrogen-bond acceptors (Lipinski definition) is 5. The zero-order valence-electron chi connectivity index (χ0n) is 22.0. The molecule has 0 radical (unpaired) electrons. The highest BCUT2D eigenvalue weighted by atomic mass is 19.1. The van der Waals surface area contributed by atoms with Crippen LogP contribution in [0.4, 0.5) is 10.1 Å². The van der Waals surface area contributed by atoms with Gasteiger partial charge in [-0.15, -0.1) is 5.10 Å². The third-order valence-electron chi connectivity index (χ3n) is 7.49. The van der Waals surface area contributed by atoms with Crippen LogP contribution in [0.1, 0.15) is 66.8 Å². The molecule has 1 saturated carbocycles. The van der Waals surface area contributed by atoms with Crippen molar-refractivity contribution in [1.82, 2.24) is 14.3 Å². The lowest BCUT2D eigenvalue weighted by molar-refractivity contribution is 0.0982. The molecule has 1 heterocycles. The number of para-hydroxylation sites is 1. The van der Waals surface area contributed by atoms with Gasteiger partial charge in [0, 0.05) is 18.8 Å². The average Bonchev–Trinajstić information content (AvgIpc) is 3.16. The number of anilines is 1. The van der Waals surface area contributed by atoms with Gasteiger partial charge in [-0.1, -0.05) is 38.0 Å². The summed E-state index contributed by atoms with van der Waals surface area (Å²) in [5, 5.41) is 16.5. The highest BCUT2D eigenvalue weighted by molar-refractivity contribution is 6.07. The zero-order chi connectivity index (χ0) is 26.9. The molecular formula is C28H35FN4O4. The van der Waals surface area contributed by atoms with E-state index in [-0.39, 0.29) is 28.9 Å². The summed E-state index contributed by atoms with van der Waals surface area (Å²) in [6.45, 7) is 7.52. The van der Waals surface area contributed by atoms with Gasteiger partial charge in [-0.25, -0.2) is 9.18 Å². The van der Waals surface area contributed by atoms with Crippen LogP contribution < -0.4 is 15.7 Å². The lowest BCUT2D eigenvalue weighted by atomic mass is 9.80. The summed E-state index contributed by atoms with van der Waals surface area (Å²) in [7, 11) is 1.45.